The third-order valence-corrected chi connectivity index (χ3v) is 2.38. The van der Waals surface area contributed by atoms with Crippen molar-refractivity contribution in [2.45, 2.75) is 52.0 Å². The molecule has 0 atom stereocenters. The number of allylic oxidation sites excluding steroid dienone is 2. The molecule has 0 unspecified atom stereocenters. The summed E-state index contributed by atoms with van der Waals surface area (Å²) in [6.45, 7) is 3.63. The van der Waals surface area contributed by atoms with E-state index in [1.807, 2.05) is 6.92 Å². The molecule has 0 bridgehead atoms. The van der Waals surface area contributed by atoms with Crippen molar-refractivity contribution in [3.63, 3.8) is 0 Å². The number of rotatable bonds is 2. The Morgan fingerprint density at radius 1 is 1.23 bits per heavy atom. The van der Waals surface area contributed by atoms with Gasteiger partial charge in [-0.15, -0.1) is 0 Å². The summed E-state index contributed by atoms with van der Waals surface area (Å²) in [4.78, 5) is 4.56. The first-order valence-electron chi connectivity index (χ1n) is 5.10. The Bertz CT molecular complexity index is 208. The van der Waals surface area contributed by atoms with E-state index in [2.05, 4.69) is 4.99 Å². The summed E-state index contributed by atoms with van der Waals surface area (Å²) in [6, 6.07) is 0.504. The van der Waals surface area contributed by atoms with Crippen LogP contribution in [0.4, 0.5) is 0 Å². The molecule has 0 aromatic heterocycles. The van der Waals surface area contributed by atoms with Gasteiger partial charge in [0, 0.05) is 5.71 Å². The van der Waals surface area contributed by atoms with E-state index < -0.39 is 0 Å². The van der Waals surface area contributed by atoms with Crippen LogP contribution in [0.5, 0.6) is 0 Å². The van der Waals surface area contributed by atoms with Crippen LogP contribution in [0, 0.1) is 0 Å². The second kappa shape index (κ2) is 5.05. The Balaban J connectivity index is 2.48. The highest BCUT2D eigenvalue weighted by Gasteiger charge is 2.11. The van der Waals surface area contributed by atoms with E-state index >= 15 is 0 Å². The molecule has 74 valence electrons. The fraction of sp³-hybridized carbons (Fsp3) is 0.727. The minimum absolute atomic E-state index is 0.344. The van der Waals surface area contributed by atoms with Crippen LogP contribution < -0.4 is 0 Å². The van der Waals surface area contributed by atoms with Crippen LogP contribution in [0.2, 0.25) is 0 Å². The lowest BCUT2D eigenvalue weighted by Crippen LogP contribution is -2.11. The summed E-state index contributed by atoms with van der Waals surface area (Å²) >= 11 is 0. The molecule has 0 aliphatic heterocycles. The topological polar surface area (TPSA) is 32.6 Å². The lowest BCUT2D eigenvalue weighted by molar-refractivity contribution is 0.415. The average Bonchev–Trinajstić information content (AvgIpc) is 2.04. The Hall–Kier alpha value is -0.790. The van der Waals surface area contributed by atoms with Crippen molar-refractivity contribution in [3.05, 3.63) is 11.8 Å². The minimum Gasteiger partial charge on any atom is -0.513 e. The van der Waals surface area contributed by atoms with Gasteiger partial charge >= 0.3 is 0 Å². The van der Waals surface area contributed by atoms with Gasteiger partial charge in [0.15, 0.2) is 0 Å². The zero-order chi connectivity index (χ0) is 9.68. The number of hydrogen-bond acceptors (Lipinski definition) is 2. The highest BCUT2D eigenvalue weighted by Crippen LogP contribution is 2.20. The van der Waals surface area contributed by atoms with Gasteiger partial charge in [-0.05, 0) is 32.8 Å². The molecule has 1 rings (SSSR count). The molecule has 1 N–H and O–H groups in total. The largest absolute Gasteiger partial charge is 0.513 e. The molecular formula is C11H19NO. The van der Waals surface area contributed by atoms with Gasteiger partial charge in [-0.3, -0.25) is 4.99 Å². The maximum Gasteiger partial charge on any atom is 0.0909 e. The van der Waals surface area contributed by atoms with Crippen molar-refractivity contribution in [1.29, 1.82) is 0 Å². The van der Waals surface area contributed by atoms with Gasteiger partial charge in [-0.1, -0.05) is 19.3 Å². The van der Waals surface area contributed by atoms with Gasteiger partial charge in [-0.25, -0.2) is 0 Å². The van der Waals surface area contributed by atoms with Crippen LogP contribution in [0.1, 0.15) is 46.0 Å². The van der Waals surface area contributed by atoms with Crippen LogP contribution >= 0.6 is 0 Å². The van der Waals surface area contributed by atoms with Crippen molar-refractivity contribution in [1.82, 2.24) is 0 Å². The number of aliphatic imine (C=N–C) groups is 1. The number of hydrogen-bond donors (Lipinski definition) is 1. The molecule has 2 heteroatoms. The molecule has 1 aliphatic rings. The van der Waals surface area contributed by atoms with Gasteiger partial charge in [-0.2, -0.15) is 0 Å². The van der Waals surface area contributed by atoms with E-state index in [9.17, 15) is 0 Å². The maximum absolute atomic E-state index is 9.03. The molecule has 0 radical (unpaired) electrons. The predicted octanol–water partition coefficient (Wildman–Crippen LogP) is 3.24. The first-order chi connectivity index (χ1) is 6.18. The van der Waals surface area contributed by atoms with Crippen LogP contribution in [-0.4, -0.2) is 16.9 Å². The summed E-state index contributed by atoms with van der Waals surface area (Å²) < 4.78 is 0. The van der Waals surface area contributed by atoms with Gasteiger partial charge in [0.25, 0.3) is 0 Å². The molecule has 0 saturated heterocycles. The Morgan fingerprint density at radius 3 is 2.38 bits per heavy atom. The second-order valence-corrected chi connectivity index (χ2v) is 3.85. The van der Waals surface area contributed by atoms with Crippen molar-refractivity contribution < 1.29 is 5.11 Å². The quantitative estimate of drug-likeness (QED) is 0.515. The molecule has 1 saturated carbocycles. The first-order valence-corrected chi connectivity index (χ1v) is 5.10. The standard InChI is InChI=1S/C11H19NO/c1-9(8-10(2)13)12-11-6-4-3-5-7-11/h8,11,13H,3-7H2,1-2H3/b10-8-,12-9+. The molecule has 0 spiro atoms. The number of nitrogens with zero attached hydrogens (tertiary/aromatic N) is 1. The lowest BCUT2D eigenvalue weighted by atomic mass is 9.96. The highest BCUT2D eigenvalue weighted by atomic mass is 16.3. The molecule has 0 amide bonds. The monoisotopic (exact) mass is 181 g/mol. The van der Waals surface area contributed by atoms with Gasteiger partial charge < -0.3 is 5.11 Å². The molecule has 0 aromatic rings. The van der Waals surface area contributed by atoms with E-state index in [0.29, 0.717) is 11.8 Å². The molecule has 0 heterocycles. The fourth-order valence-electron chi connectivity index (χ4n) is 1.84. The number of aliphatic hydroxyl groups is 1. The van der Waals surface area contributed by atoms with E-state index in [1.54, 1.807) is 13.0 Å². The van der Waals surface area contributed by atoms with Crippen LogP contribution in [0.3, 0.4) is 0 Å². The third kappa shape index (κ3) is 4.11. The average molecular weight is 181 g/mol. The highest BCUT2D eigenvalue weighted by molar-refractivity contribution is 5.93. The summed E-state index contributed by atoms with van der Waals surface area (Å²) in [6.07, 6.45) is 8.15. The van der Waals surface area contributed by atoms with Gasteiger partial charge in [0.05, 0.1) is 11.8 Å². The molecule has 1 aliphatic carbocycles. The first kappa shape index (κ1) is 10.3. The zero-order valence-electron chi connectivity index (χ0n) is 8.58. The van der Waals surface area contributed by atoms with Crippen molar-refractivity contribution in [2.75, 3.05) is 0 Å². The molecular weight excluding hydrogens is 162 g/mol. The van der Waals surface area contributed by atoms with E-state index in [0.717, 1.165) is 5.71 Å². The summed E-state index contributed by atoms with van der Waals surface area (Å²) in [5.74, 6) is 0.344. The Morgan fingerprint density at radius 2 is 1.85 bits per heavy atom. The van der Waals surface area contributed by atoms with Gasteiger partial charge in [0.2, 0.25) is 0 Å². The van der Waals surface area contributed by atoms with Crippen molar-refractivity contribution >= 4 is 5.71 Å². The van der Waals surface area contributed by atoms with Crippen molar-refractivity contribution in [3.8, 4) is 0 Å². The Kier molecular flexibility index (Phi) is 4.00. The maximum atomic E-state index is 9.03. The number of aliphatic hydroxyl groups excluding tert-OH is 1. The van der Waals surface area contributed by atoms with Crippen LogP contribution in [0.25, 0.3) is 0 Å². The normalized spacial score (nSPS) is 22.0. The lowest BCUT2D eigenvalue weighted by Gasteiger charge is -2.17. The zero-order valence-corrected chi connectivity index (χ0v) is 8.58. The van der Waals surface area contributed by atoms with E-state index in [-0.39, 0.29) is 0 Å². The second-order valence-electron chi connectivity index (χ2n) is 3.85. The summed E-state index contributed by atoms with van der Waals surface area (Å²) in [5, 5.41) is 9.03. The molecule has 1 fully saturated rings. The fourth-order valence-corrected chi connectivity index (χ4v) is 1.84. The molecule has 13 heavy (non-hydrogen) atoms. The third-order valence-electron chi connectivity index (χ3n) is 2.38. The smallest absolute Gasteiger partial charge is 0.0909 e. The SMILES string of the molecule is C/C(O)=C/C(C)=N/C1CCCCC1. The van der Waals surface area contributed by atoms with Gasteiger partial charge in [0.1, 0.15) is 0 Å². The predicted molar refractivity (Wildman–Crippen MR) is 56.4 cm³/mol. The van der Waals surface area contributed by atoms with Crippen LogP contribution in [-0.2, 0) is 0 Å². The van der Waals surface area contributed by atoms with Crippen molar-refractivity contribution in [2.24, 2.45) is 4.99 Å². The Labute approximate surface area is 80.4 Å². The summed E-state index contributed by atoms with van der Waals surface area (Å²) in [5.41, 5.74) is 0.951. The van der Waals surface area contributed by atoms with E-state index in [1.165, 1.54) is 32.1 Å². The van der Waals surface area contributed by atoms with E-state index in [4.69, 9.17) is 5.11 Å². The molecule has 0 aromatic carbocycles. The summed E-state index contributed by atoms with van der Waals surface area (Å²) in [7, 11) is 0. The van der Waals surface area contributed by atoms with Crippen LogP contribution in [0.15, 0.2) is 16.8 Å². The molecule has 2 nitrogen and oxygen atoms in total. The minimum atomic E-state index is 0.344.